The molecule has 6 nitrogen and oxygen atoms in total. The summed E-state index contributed by atoms with van der Waals surface area (Å²) < 4.78 is 41.9. The quantitative estimate of drug-likeness (QED) is 0.557. The SMILES string of the molecule is C=C1CCC(N2Cc3cc(C[C@H]4CCCC[C@@H]4NC4CCC(OC(F)(F)F)CC4)ccc3C2=O)C(=O)N1. The topological polar surface area (TPSA) is 70.7 Å². The van der Waals surface area contributed by atoms with Gasteiger partial charge >= 0.3 is 6.36 Å². The van der Waals surface area contributed by atoms with Crippen molar-refractivity contribution in [2.24, 2.45) is 5.92 Å². The zero-order valence-corrected chi connectivity index (χ0v) is 21.1. The van der Waals surface area contributed by atoms with Gasteiger partial charge in [0.1, 0.15) is 6.04 Å². The molecule has 2 amide bonds. The van der Waals surface area contributed by atoms with Crippen molar-refractivity contribution >= 4 is 11.8 Å². The lowest BCUT2D eigenvalue weighted by Crippen LogP contribution is -2.49. The average Bonchev–Trinajstić information content (AvgIpc) is 3.16. The summed E-state index contributed by atoms with van der Waals surface area (Å²) in [6.07, 6.45) is 3.64. The fourth-order valence-corrected chi connectivity index (χ4v) is 6.65. The molecule has 0 bridgehead atoms. The molecule has 1 aromatic rings. The number of allylic oxidation sites excluding steroid dienone is 1. The van der Waals surface area contributed by atoms with Gasteiger partial charge in [-0.3, -0.25) is 14.3 Å². The van der Waals surface area contributed by atoms with Crippen LogP contribution in [0.4, 0.5) is 13.2 Å². The van der Waals surface area contributed by atoms with Crippen LogP contribution in [-0.4, -0.2) is 47.3 Å². The Kier molecular flexibility index (Phi) is 7.63. The maximum Gasteiger partial charge on any atom is 0.522 e. The Morgan fingerprint density at radius 2 is 1.81 bits per heavy atom. The van der Waals surface area contributed by atoms with Crippen molar-refractivity contribution in [3.8, 4) is 0 Å². The average molecular weight is 520 g/mol. The fraction of sp³-hybridized carbons (Fsp3) is 0.643. The molecule has 3 fully saturated rings. The van der Waals surface area contributed by atoms with Gasteiger partial charge in [-0.1, -0.05) is 31.6 Å². The van der Waals surface area contributed by atoms with Crippen LogP contribution in [0.1, 0.15) is 85.7 Å². The normalized spacial score (nSPS) is 30.8. The molecule has 0 radical (unpaired) electrons. The van der Waals surface area contributed by atoms with Crippen molar-refractivity contribution in [1.29, 1.82) is 0 Å². The number of nitrogens with one attached hydrogen (secondary N) is 2. The van der Waals surface area contributed by atoms with Crippen LogP contribution in [0.25, 0.3) is 0 Å². The van der Waals surface area contributed by atoms with E-state index in [1.807, 2.05) is 12.1 Å². The molecule has 1 unspecified atom stereocenters. The first-order valence-corrected chi connectivity index (χ1v) is 13.6. The van der Waals surface area contributed by atoms with E-state index in [0.717, 1.165) is 31.2 Å². The Bertz CT molecular complexity index is 1040. The molecule has 0 aromatic heterocycles. The van der Waals surface area contributed by atoms with Crippen molar-refractivity contribution in [2.45, 2.75) is 108 Å². The number of carbonyl (C=O) groups is 2. The summed E-state index contributed by atoms with van der Waals surface area (Å²) in [7, 11) is 0. The first kappa shape index (κ1) is 26.2. The monoisotopic (exact) mass is 519 g/mol. The summed E-state index contributed by atoms with van der Waals surface area (Å²) in [6, 6.07) is 6.16. The number of fused-ring (bicyclic) bond motifs is 1. The Balaban J connectivity index is 1.19. The van der Waals surface area contributed by atoms with Gasteiger partial charge in [-0.2, -0.15) is 0 Å². The van der Waals surface area contributed by atoms with E-state index >= 15 is 0 Å². The molecule has 2 N–H and O–H groups in total. The second kappa shape index (κ2) is 10.8. The van der Waals surface area contributed by atoms with Crippen LogP contribution < -0.4 is 10.6 Å². The minimum absolute atomic E-state index is 0.0865. The number of piperidine rings is 1. The highest BCUT2D eigenvalue weighted by molar-refractivity contribution is 6.01. The predicted molar refractivity (Wildman–Crippen MR) is 132 cm³/mol. The van der Waals surface area contributed by atoms with Gasteiger partial charge in [-0.25, -0.2) is 0 Å². The maximum atomic E-state index is 13.0. The van der Waals surface area contributed by atoms with E-state index in [1.165, 1.54) is 12.0 Å². The molecule has 2 saturated carbocycles. The molecule has 1 saturated heterocycles. The van der Waals surface area contributed by atoms with Gasteiger partial charge in [0.05, 0.1) is 6.10 Å². The predicted octanol–water partition coefficient (Wildman–Crippen LogP) is 4.97. The molecule has 2 aliphatic heterocycles. The summed E-state index contributed by atoms with van der Waals surface area (Å²) in [5.41, 5.74) is 3.54. The number of alkyl halides is 3. The third-order valence-corrected chi connectivity index (χ3v) is 8.53. The standard InChI is InChI=1S/C28H36F3N3O3/c1-17-6-13-25(26(35)32-17)34-16-20-15-18(7-12-23(20)27(34)36)14-19-4-2-3-5-24(19)33-21-8-10-22(11-9-21)37-28(29,30)31/h7,12,15,19,21-22,24-25,33H,1-6,8-11,13-14,16H2,(H,32,35)/t19-,21?,22?,24+,25?/m1/s1. The van der Waals surface area contributed by atoms with Crippen LogP contribution in [0, 0.1) is 5.92 Å². The van der Waals surface area contributed by atoms with Crippen LogP contribution in [0.15, 0.2) is 30.5 Å². The molecule has 0 spiro atoms. The van der Waals surface area contributed by atoms with Crippen molar-refractivity contribution in [2.75, 3.05) is 0 Å². The number of nitrogens with zero attached hydrogens (tertiary/aromatic N) is 1. The summed E-state index contributed by atoms with van der Waals surface area (Å²) in [5, 5.41) is 6.56. The van der Waals surface area contributed by atoms with E-state index in [-0.39, 0.29) is 17.9 Å². The van der Waals surface area contributed by atoms with Crippen molar-refractivity contribution in [3.05, 3.63) is 47.2 Å². The van der Waals surface area contributed by atoms with Gasteiger partial charge < -0.3 is 15.5 Å². The molecule has 1 aromatic carbocycles. The lowest BCUT2D eigenvalue weighted by atomic mass is 9.79. The van der Waals surface area contributed by atoms with Crippen LogP contribution in [0.5, 0.6) is 0 Å². The van der Waals surface area contributed by atoms with Crippen molar-refractivity contribution < 1.29 is 27.5 Å². The number of rotatable bonds is 6. The number of ether oxygens (including phenoxy) is 1. The number of amides is 2. The highest BCUT2D eigenvalue weighted by Crippen LogP contribution is 2.34. The first-order chi connectivity index (χ1) is 17.7. The number of halogens is 3. The third-order valence-electron chi connectivity index (χ3n) is 8.53. The van der Waals surface area contributed by atoms with Crippen LogP contribution in [-0.2, 0) is 22.5 Å². The fourth-order valence-electron chi connectivity index (χ4n) is 6.65. The van der Waals surface area contributed by atoms with Gasteiger partial charge in [0.15, 0.2) is 0 Å². The van der Waals surface area contributed by atoms with Crippen molar-refractivity contribution in [1.82, 2.24) is 15.5 Å². The largest absolute Gasteiger partial charge is 0.522 e. The number of benzene rings is 1. The number of carbonyl (C=O) groups excluding carboxylic acids is 2. The van der Waals surface area contributed by atoms with E-state index in [9.17, 15) is 22.8 Å². The van der Waals surface area contributed by atoms with Gasteiger partial charge in [-0.15, -0.1) is 13.2 Å². The molecular formula is C28H36F3N3O3. The molecule has 4 aliphatic rings. The molecule has 5 rings (SSSR count). The van der Waals surface area contributed by atoms with Gasteiger partial charge in [0.25, 0.3) is 5.91 Å². The van der Waals surface area contributed by atoms with E-state index < -0.39 is 18.5 Å². The highest BCUT2D eigenvalue weighted by Gasteiger charge is 2.39. The van der Waals surface area contributed by atoms with Crippen LogP contribution in [0.3, 0.4) is 0 Å². The van der Waals surface area contributed by atoms with E-state index in [4.69, 9.17) is 0 Å². The summed E-state index contributed by atoms with van der Waals surface area (Å²) in [4.78, 5) is 27.2. The molecular weight excluding hydrogens is 483 g/mol. The Morgan fingerprint density at radius 3 is 2.54 bits per heavy atom. The molecule has 3 atom stereocenters. The van der Waals surface area contributed by atoms with Crippen LogP contribution in [0.2, 0.25) is 0 Å². The number of hydrogen-bond acceptors (Lipinski definition) is 4. The summed E-state index contributed by atoms with van der Waals surface area (Å²) >= 11 is 0. The summed E-state index contributed by atoms with van der Waals surface area (Å²) in [6.45, 7) is 4.27. The highest BCUT2D eigenvalue weighted by atomic mass is 19.4. The molecule has 9 heteroatoms. The third kappa shape index (κ3) is 6.20. The lowest BCUT2D eigenvalue weighted by Gasteiger charge is -2.38. The van der Waals surface area contributed by atoms with Crippen molar-refractivity contribution in [3.63, 3.8) is 0 Å². The van der Waals surface area contributed by atoms with E-state index in [2.05, 4.69) is 28.0 Å². The second-order valence-corrected chi connectivity index (χ2v) is 11.1. The molecule has 2 aliphatic carbocycles. The lowest BCUT2D eigenvalue weighted by molar-refractivity contribution is -0.345. The number of hydrogen-bond donors (Lipinski definition) is 2. The minimum atomic E-state index is -4.56. The second-order valence-electron chi connectivity index (χ2n) is 11.1. The zero-order valence-electron chi connectivity index (χ0n) is 21.1. The maximum absolute atomic E-state index is 13.0. The first-order valence-electron chi connectivity index (χ1n) is 13.6. The van der Waals surface area contributed by atoms with Gasteiger partial charge in [0.2, 0.25) is 5.91 Å². The molecule has 202 valence electrons. The Labute approximate surface area is 216 Å². The Hall–Kier alpha value is -2.39. The molecule has 37 heavy (non-hydrogen) atoms. The molecule has 2 heterocycles. The van der Waals surface area contributed by atoms with Crippen LogP contribution >= 0.6 is 0 Å². The van der Waals surface area contributed by atoms with E-state index in [1.54, 1.807) is 4.90 Å². The van der Waals surface area contributed by atoms with E-state index in [0.29, 0.717) is 68.3 Å². The summed E-state index contributed by atoms with van der Waals surface area (Å²) in [5.74, 6) is 0.198. The Morgan fingerprint density at radius 1 is 1.05 bits per heavy atom. The smallest absolute Gasteiger partial charge is 0.329 e. The van der Waals surface area contributed by atoms with Gasteiger partial charge in [0, 0.05) is 29.9 Å². The van der Waals surface area contributed by atoms with Gasteiger partial charge in [-0.05, 0) is 80.9 Å². The zero-order chi connectivity index (χ0) is 26.2. The minimum Gasteiger partial charge on any atom is -0.329 e.